The summed E-state index contributed by atoms with van der Waals surface area (Å²) in [4.78, 5) is 0. The molecule has 0 amide bonds. The minimum atomic E-state index is 0.465. The van der Waals surface area contributed by atoms with Crippen molar-refractivity contribution in [2.24, 2.45) is 0 Å². The van der Waals surface area contributed by atoms with E-state index >= 15 is 0 Å². The smallest absolute Gasteiger partial charge is 0.248 e. The third-order valence-electron chi connectivity index (χ3n) is 7.62. The van der Waals surface area contributed by atoms with Crippen LogP contribution in [0.1, 0.15) is 11.1 Å². The van der Waals surface area contributed by atoms with E-state index in [1.807, 2.05) is 36.4 Å². The van der Waals surface area contributed by atoms with Gasteiger partial charge in [-0.15, -0.1) is 10.2 Å². The zero-order valence-electron chi connectivity index (χ0n) is 24.0. The molecule has 1 heterocycles. The number of anilines is 4. The first-order valence-corrected chi connectivity index (χ1v) is 13.9. The van der Waals surface area contributed by atoms with Gasteiger partial charge >= 0.3 is 0 Å². The van der Waals surface area contributed by atoms with E-state index < -0.39 is 0 Å². The molecule has 0 saturated heterocycles. The van der Waals surface area contributed by atoms with Crippen LogP contribution in [0.15, 0.2) is 114 Å². The second kappa shape index (κ2) is 11.2. The van der Waals surface area contributed by atoms with E-state index in [0.29, 0.717) is 23.2 Å². The summed E-state index contributed by atoms with van der Waals surface area (Å²) in [6.07, 6.45) is 0. The molecule has 43 heavy (non-hydrogen) atoms. The zero-order valence-corrected chi connectivity index (χ0v) is 24.0. The van der Waals surface area contributed by atoms with Crippen molar-refractivity contribution in [1.29, 1.82) is 0 Å². The van der Waals surface area contributed by atoms with E-state index in [0.717, 1.165) is 44.4 Å². The second-order valence-corrected chi connectivity index (χ2v) is 10.6. The summed E-state index contributed by atoms with van der Waals surface area (Å²) >= 11 is 0. The Morgan fingerprint density at radius 2 is 0.814 bits per heavy atom. The van der Waals surface area contributed by atoms with E-state index in [-0.39, 0.29) is 0 Å². The molecule has 0 bridgehead atoms. The lowest BCUT2D eigenvalue weighted by Crippen LogP contribution is -1.96. The number of rotatable bonds is 3. The minimum Gasteiger partial charge on any atom is -0.416 e. The first-order valence-electron chi connectivity index (χ1n) is 13.9. The number of aryl methyl sites for hydroxylation is 2. The highest BCUT2D eigenvalue weighted by molar-refractivity contribution is 6.11. The lowest BCUT2D eigenvalue weighted by atomic mass is 9.89. The molecule has 7 heteroatoms. The molecule has 212 valence electrons. The molecule has 7 aromatic rings. The Bertz CT molecular complexity index is 1930. The third kappa shape index (κ3) is 5.31. The summed E-state index contributed by atoms with van der Waals surface area (Å²) < 4.78 is 5.63. The quantitative estimate of drug-likeness (QED) is 0.159. The van der Waals surface area contributed by atoms with Gasteiger partial charge in [0.15, 0.2) is 0 Å². The summed E-state index contributed by atoms with van der Waals surface area (Å²) in [7, 11) is 0. The number of hydrogen-bond donors (Lipinski definition) is 4. The monoisotopic (exact) mass is 564 g/mol. The highest BCUT2D eigenvalue weighted by atomic mass is 16.4. The highest BCUT2D eigenvalue weighted by Crippen LogP contribution is 2.40. The summed E-state index contributed by atoms with van der Waals surface area (Å²) in [5, 5.41) is 12.6. The van der Waals surface area contributed by atoms with Crippen molar-refractivity contribution in [3.63, 3.8) is 0 Å². The molecule has 1 aromatic heterocycles. The fraction of sp³-hybridized carbons (Fsp3) is 0.0556. The molecule has 0 unspecified atom stereocenters. The molecule has 7 nitrogen and oxygen atoms in total. The van der Waals surface area contributed by atoms with Gasteiger partial charge in [0.05, 0.1) is 0 Å². The van der Waals surface area contributed by atoms with Crippen LogP contribution in [0, 0.1) is 13.8 Å². The molecule has 0 aliphatic heterocycles. The van der Waals surface area contributed by atoms with Gasteiger partial charge in [-0.1, -0.05) is 48.5 Å². The molecule has 8 N–H and O–H groups in total. The molecule has 6 aromatic carbocycles. The van der Waals surface area contributed by atoms with Crippen molar-refractivity contribution in [1.82, 2.24) is 10.2 Å². The second-order valence-electron chi connectivity index (χ2n) is 10.6. The summed E-state index contributed by atoms with van der Waals surface area (Å²) in [5.41, 5.74) is 33.3. The normalized spacial score (nSPS) is 10.9. The topological polar surface area (TPSA) is 143 Å². The largest absolute Gasteiger partial charge is 0.416 e. The molecule has 0 aliphatic carbocycles. The standard InChI is InChI=1S/C22H20N2.C14H12N4O/c1-13-11-19(15-7-3-5-9-17(15)21(13)23)20-12-14(2)22(24)18-10-6-4-8-16(18)20;15-11-5-1-9(2-6-11)13-17-18-14(19-13)10-3-7-12(16)8-4-10/h3-12H,23-24H2,1-2H3;1-8H,15-16H2. The molecular weight excluding hydrogens is 532 g/mol. The van der Waals surface area contributed by atoms with Gasteiger partial charge in [0, 0.05) is 44.6 Å². The Morgan fingerprint density at radius 3 is 1.19 bits per heavy atom. The van der Waals surface area contributed by atoms with E-state index in [4.69, 9.17) is 27.4 Å². The van der Waals surface area contributed by atoms with Crippen molar-refractivity contribution >= 4 is 44.3 Å². The maximum atomic E-state index is 6.31. The van der Waals surface area contributed by atoms with Gasteiger partial charge in [-0.05, 0) is 108 Å². The molecular formula is C36H32N6O. The fourth-order valence-corrected chi connectivity index (χ4v) is 5.23. The molecule has 0 spiro atoms. The highest BCUT2D eigenvalue weighted by Gasteiger charge is 2.14. The van der Waals surface area contributed by atoms with Gasteiger partial charge in [-0.25, -0.2) is 0 Å². The van der Waals surface area contributed by atoms with E-state index in [1.165, 1.54) is 21.9 Å². The van der Waals surface area contributed by atoms with Gasteiger partial charge in [0.2, 0.25) is 11.8 Å². The van der Waals surface area contributed by atoms with Crippen LogP contribution in [0.4, 0.5) is 22.7 Å². The Labute approximate surface area is 249 Å². The Hall–Kier alpha value is -5.82. The zero-order chi connectivity index (χ0) is 30.1. The van der Waals surface area contributed by atoms with Crippen LogP contribution in [0.3, 0.4) is 0 Å². The molecule has 7 rings (SSSR count). The van der Waals surface area contributed by atoms with Crippen LogP contribution in [-0.4, -0.2) is 10.2 Å². The lowest BCUT2D eigenvalue weighted by molar-refractivity contribution is 0.584. The summed E-state index contributed by atoms with van der Waals surface area (Å²) in [6.45, 7) is 4.13. The summed E-state index contributed by atoms with van der Waals surface area (Å²) in [6, 6.07) is 35.6. The molecule has 0 radical (unpaired) electrons. The molecule has 0 atom stereocenters. The molecule has 0 fully saturated rings. The van der Waals surface area contributed by atoms with Crippen LogP contribution in [0.25, 0.3) is 55.6 Å². The number of aromatic nitrogens is 2. The molecule has 0 aliphatic rings. The minimum absolute atomic E-state index is 0.465. The van der Waals surface area contributed by atoms with Crippen LogP contribution < -0.4 is 22.9 Å². The predicted molar refractivity (Wildman–Crippen MR) is 179 cm³/mol. The maximum Gasteiger partial charge on any atom is 0.248 e. The van der Waals surface area contributed by atoms with E-state index in [1.54, 1.807) is 24.3 Å². The number of fused-ring (bicyclic) bond motifs is 2. The number of nitrogens with zero attached hydrogens (tertiary/aromatic N) is 2. The maximum absolute atomic E-state index is 6.31. The Kier molecular flexibility index (Phi) is 7.14. The Morgan fingerprint density at radius 1 is 0.465 bits per heavy atom. The van der Waals surface area contributed by atoms with Crippen LogP contribution in [-0.2, 0) is 0 Å². The number of benzene rings is 6. The first kappa shape index (κ1) is 27.4. The van der Waals surface area contributed by atoms with Gasteiger partial charge in [-0.2, -0.15) is 0 Å². The Balaban J connectivity index is 0.000000157. The van der Waals surface area contributed by atoms with Gasteiger partial charge in [0.1, 0.15) is 0 Å². The lowest BCUT2D eigenvalue weighted by Gasteiger charge is -2.16. The summed E-state index contributed by atoms with van der Waals surface area (Å²) in [5.74, 6) is 0.929. The number of hydrogen-bond acceptors (Lipinski definition) is 7. The SMILES string of the molecule is Cc1cc(-c2cc(C)c(N)c3ccccc23)c2ccccc2c1N.Nc1ccc(-c2nnc(-c3ccc(N)cc3)o2)cc1. The van der Waals surface area contributed by atoms with E-state index in [2.05, 4.69) is 72.6 Å². The van der Waals surface area contributed by atoms with Gasteiger partial charge in [-0.3, -0.25) is 0 Å². The van der Waals surface area contributed by atoms with Crippen LogP contribution in [0.2, 0.25) is 0 Å². The van der Waals surface area contributed by atoms with Crippen molar-refractivity contribution in [3.05, 3.63) is 120 Å². The molecule has 0 saturated carbocycles. The van der Waals surface area contributed by atoms with Crippen LogP contribution >= 0.6 is 0 Å². The number of nitrogens with two attached hydrogens (primary N) is 4. The van der Waals surface area contributed by atoms with Gasteiger partial charge < -0.3 is 27.4 Å². The third-order valence-corrected chi connectivity index (χ3v) is 7.62. The average molecular weight is 565 g/mol. The van der Waals surface area contributed by atoms with Crippen LogP contribution in [0.5, 0.6) is 0 Å². The first-order chi connectivity index (χ1) is 20.8. The van der Waals surface area contributed by atoms with Crippen molar-refractivity contribution < 1.29 is 4.42 Å². The number of nitrogen functional groups attached to an aromatic ring is 4. The fourth-order valence-electron chi connectivity index (χ4n) is 5.23. The van der Waals surface area contributed by atoms with Crippen molar-refractivity contribution in [2.75, 3.05) is 22.9 Å². The van der Waals surface area contributed by atoms with Crippen molar-refractivity contribution in [3.8, 4) is 34.0 Å². The average Bonchev–Trinajstić information content (AvgIpc) is 3.52. The van der Waals surface area contributed by atoms with Gasteiger partial charge in [0.25, 0.3) is 0 Å². The van der Waals surface area contributed by atoms with E-state index in [9.17, 15) is 0 Å². The predicted octanol–water partition coefficient (Wildman–Crippen LogP) is 8.01. The van der Waals surface area contributed by atoms with Crippen molar-refractivity contribution in [2.45, 2.75) is 13.8 Å².